The molecule has 2 aromatic rings. The van der Waals surface area contributed by atoms with Gasteiger partial charge in [-0.2, -0.15) is 0 Å². The highest BCUT2D eigenvalue weighted by atomic mass is 35.5. The van der Waals surface area contributed by atoms with Crippen LogP contribution in [0.25, 0.3) is 0 Å². The van der Waals surface area contributed by atoms with Crippen LogP contribution in [0.1, 0.15) is 10.5 Å². The third kappa shape index (κ3) is 3.75. The molecule has 2 rings (SSSR count). The van der Waals surface area contributed by atoms with Gasteiger partial charge in [0.1, 0.15) is 5.75 Å². The lowest BCUT2D eigenvalue weighted by atomic mass is 10.3. The first kappa shape index (κ1) is 14.9. The molecule has 0 bridgehead atoms. The van der Waals surface area contributed by atoms with Gasteiger partial charge in [0.25, 0.3) is 5.88 Å². The van der Waals surface area contributed by atoms with E-state index < -0.39 is 29.7 Å². The number of carboxylic acids is 1. The van der Waals surface area contributed by atoms with Gasteiger partial charge in [-0.3, -0.25) is 0 Å². The number of H-pyrrole nitrogens is 1. The van der Waals surface area contributed by atoms with Crippen LogP contribution in [0.5, 0.6) is 17.4 Å². The predicted molar refractivity (Wildman–Crippen MR) is 61.6 cm³/mol. The summed E-state index contributed by atoms with van der Waals surface area (Å²) < 4.78 is 45.2. The van der Waals surface area contributed by atoms with Crippen LogP contribution in [0.2, 0.25) is 5.02 Å². The minimum absolute atomic E-state index is 0.157. The second kappa shape index (κ2) is 5.48. The van der Waals surface area contributed by atoms with E-state index in [-0.39, 0.29) is 10.8 Å². The fraction of sp³-hybridized carbons (Fsp3) is 0.100. The molecule has 21 heavy (non-hydrogen) atoms. The van der Waals surface area contributed by atoms with Gasteiger partial charge in [0, 0.05) is 6.07 Å². The summed E-state index contributed by atoms with van der Waals surface area (Å²) in [5, 5.41) is 17.1. The molecule has 1 aromatic heterocycles. The van der Waals surface area contributed by atoms with Gasteiger partial charge in [0.15, 0.2) is 5.75 Å². The Bertz CT molecular complexity index is 674. The number of nitrogens with one attached hydrogen (secondary N) is 1. The zero-order valence-corrected chi connectivity index (χ0v) is 10.6. The Hall–Kier alpha value is -2.49. The third-order valence-corrected chi connectivity index (χ3v) is 2.39. The molecule has 0 aliphatic rings. The lowest BCUT2D eigenvalue weighted by Gasteiger charge is -2.11. The average molecular weight is 324 g/mol. The summed E-state index contributed by atoms with van der Waals surface area (Å²) in [5.41, 5.74) is -0.455. The van der Waals surface area contributed by atoms with Gasteiger partial charge in [0.05, 0.1) is 5.02 Å². The van der Waals surface area contributed by atoms with Crippen LogP contribution in [0.4, 0.5) is 13.2 Å². The summed E-state index contributed by atoms with van der Waals surface area (Å²) in [6.45, 7) is 0. The molecule has 0 saturated heterocycles. The lowest BCUT2D eigenvalue weighted by Crippen LogP contribution is -2.17. The van der Waals surface area contributed by atoms with Crippen molar-refractivity contribution in [3.05, 3.63) is 28.9 Å². The van der Waals surface area contributed by atoms with Crippen molar-refractivity contribution >= 4 is 17.6 Å². The maximum Gasteiger partial charge on any atom is 0.573 e. The molecule has 1 heterocycles. The van der Waals surface area contributed by atoms with Gasteiger partial charge in [0.2, 0.25) is 5.69 Å². The first-order valence-electron chi connectivity index (χ1n) is 5.14. The van der Waals surface area contributed by atoms with E-state index in [2.05, 4.69) is 20.1 Å². The Balaban J connectivity index is 2.27. The maximum absolute atomic E-state index is 12.2. The molecule has 0 fully saturated rings. The SMILES string of the molecule is O=C(O)c1[nH]nnc1Oc1ccc(Cl)c(OC(F)(F)F)c1. The summed E-state index contributed by atoms with van der Waals surface area (Å²) in [7, 11) is 0. The number of carbonyl (C=O) groups is 1. The van der Waals surface area contributed by atoms with E-state index in [0.717, 1.165) is 12.1 Å². The van der Waals surface area contributed by atoms with Gasteiger partial charge < -0.3 is 14.6 Å². The van der Waals surface area contributed by atoms with Gasteiger partial charge in [-0.25, -0.2) is 9.89 Å². The van der Waals surface area contributed by atoms with Crippen LogP contribution >= 0.6 is 11.6 Å². The number of ether oxygens (including phenoxy) is 2. The number of aromatic carboxylic acids is 1. The second-order valence-corrected chi connectivity index (χ2v) is 3.95. The quantitative estimate of drug-likeness (QED) is 0.898. The van der Waals surface area contributed by atoms with E-state index >= 15 is 0 Å². The maximum atomic E-state index is 12.2. The molecule has 0 radical (unpaired) electrons. The van der Waals surface area contributed by atoms with Crippen molar-refractivity contribution < 1.29 is 32.5 Å². The number of nitrogens with zero attached hydrogens (tertiary/aromatic N) is 2. The number of hydrogen-bond acceptors (Lipinski definition) is 5. The van der Waals surface area contributed by atoms with E-state index in [1.54, 1.807) is 0 Å². The normalized spacial score (nSPS) is 11.2. The Morgan fingerprint density at radius 3 is 2.71 bits per heavy atom. The Morgan fingerprint density at radius 2 is 2.10 bits per heavy atom. The lowest BCUT2D eigenvalue weighted by molar-refractivity contribution is -0.274. The topological polar surface area (TPSA) is 97.3 Å². The van der Waals surface area contributed by atoms with Crippen molar-refractivity contribution in [3.8, 4) is 17.4 Å². The number of aromatic nitrogens is 3. The molecule has 0 amide bonds. The largest absolute Gasteiger partial charge is 0.573 e. The van der Waals surface area contributed by atoms with Crippen LogP contribution in [-0.2, 0) is 0 Å². The average Bonchev–Trinajstić information content (AvgIpc) is 2.80. The summed E-state index contributed by atoms with van der Waals surface area (Å²) in [6.07, 6.45) is -4.93. The fourth-order valence-electron chi connectivity index (χ4n) is 1.29. The molecule has 0 aliphatic carbocycles. The standard InChI is InChI=1S/C10H5ClF3N3O4/c11-5-2-1-4(3-6(5)21-10(12,13)14)20-8-7(9(18)19)15-17-16-8/h1-3H,(H,18,19)(H,15,16,17). The van der Waals surface area contributed by atoms with Crippen LogP contribution in [-0.4, -0.2) is 32.8 Å². The number of alkyl halides is 3. The van der Waals surface area contributed by atoms with Gasteiger partial charge in [-0.1, -0.05) is 21.9 Å². The molecule has 0 unspecified atom stereocenters. The highest BCUT2D eigenvalue weighted by molar-refractivity contribution is 6.32. The fourth-order valence-corrected chi connectivity index (χ4v) is 1.45. The summed E-state index contributed by atoms with van der Waals surface area (Å²) in [4.78, 5) is 10.8. The van der Waals surface area contributed by atoms with Crippen LogP contribution in [0.3, 0.4) is 0 Å². The molecular weight excluding hydrogens is 319 g/mol. The van der Waals surface area contributed by atoms with Gasteiger partial charge >= 0.3 is 12.3 Å². The molecule has 11 heteroatoms. The van der Waals surface area contributed by atoms with Crippen molar-refractivity contribution in [2.45, 2.75) is 6.36 Å². The highest BCUT2D eigenvalue weighted by Gasteiger charge is 2.32. The summed E-state index contributed by atoms with van der Waals surface area (Å²) in [6, 6.07) is 3.15. The molecule has 0 saturated carbocycles. The van der Waals surface area contributed by atoms with Gasteiger partial charge in [-0.05, 0) is 12.1 Å². The van der Waals surface area contributed by atoms with E-state index in [1.165, 1.54) is 6.07 Å². The number of benzene rings is 1. The van der Waals surface area contributed by atoms with E-state index in [1.807, 2.05) is 0 Å². The third-order valence-electron chi connectivity index (χ3n) is 2.07. The van der Waals surface area contributed by atoms with Gasteiger partial charge in [-0.15, -0.1) is 13.2 Å². The number of carboxylic acid groups (broad SMARTS) is 1. The minimum Gasteiger partial charge on any atom is -0.476 e. The molecule has 0 aliphatic heterocycles. The number of aromatic amines is 1. The monoisotopic (exact) mass is 323 g/mol. The molecule has 0 atom stereocenters. The zero-order valence-electron chi connectivity index (χ0n) is 9.81. The Morgan fingerprint density at radius 1 is 1.38 bits per heavy atom. The first-order chi connectivity index (χ1) is 9.76. The molecule has 0 spiro atoms. The molecule has 112 valence electrons. The Labute approximate surface area is 119 Å². The molecular formula is C10H5ClF3N3O4. The van der Waals surface area contributed by atoms with E-state index in [9.17, 15) is 18.0 Å². The number of halogens is 4. The predicted octanol–water partition coefficient (Wildman–Crippen LogP) is 2.85. The number of hydrogen-bond donors (Lipinski definition) is 2. The Kier molecular flexibility index (Phi) is 3.89. The van der Waals surface area contributed by atoms with Crippen molar-refractivity contribution in [2.24, 2.45) is 0 Å². The zero-order chi connectivity index (χ0) is 15.6. The highest BCUT2D eigenvalue weighted by Crippen LogP contribution is 2.34. The number of rotatable bonds is 4. The van der Waals surface area contributed by atoms with E-state index in [0.29, 0.717) is 0 Å². The van der Waals surface area contributed by atoms with E-state index in [4.69, 9.17) is 21.4 Å². The van der Waals surface area contributed by atoms with Crippen LogP contribution < -0.4 is 9.47 Å². The summed E-state index contributed by atoms with van der Waals surface area (Å²) >= 11 is 5.56. The minimum atomic E-state index is -4.93. The summed E-state index contributed by atoms with van der Waals surface area (Å²) in [5.74, 6) is -2.66. The smallest absolute Gasteiger partial charge is 0.476 e. The second-order valence-electron chi connectivity index (χ2n) is 3.54. The molecule has 2 N–H and O–H groups in total. The van der Waals surface area contributed by atoms with Crippen LogP contribution in [0.15, 0.2) is 18.2 Å². The van der Waals surface area contributed by atoms with Crippen molar-refractivity contribution in [3.63, 3.8) is 0 Å². The first-order valence-corrected chi connectivity index (χ1v) is 5.51. The van der Waals surface area contributed by atoms with Crippen molar-refractivity contribution in [2.75, 3.05) is 0 Å². The molecule has 7 nitrogen and oxygen atoms in total. The van der Waals surface area contributed by atoms with Crippen molar-refractivity contribution in [1.82, 2.24) is 15.4 Å². The van der Waals surface area contributed by atoms with Crippen LogP contribution in [0, 0.1) is 0 Å². The van der Waals surface area contributed by atoms with Crippen molar-refractivity contribution in [1.29, 1.82) is 0 Å². The molecule has 1 aromatic carbocycles.